The second-order valence-electron chi connectivity index (χ2n) is 4.51. The highest BCUT2D eigenvalue weighted by atomic mass is 32.1. The van der Waals surface area contributed by atoms with Gasteiger partial charge in [-0.1, -0.05) is 86.2 Å². The predicted molar refractivity (Wildman–Crippen MR) is 87.6 cm³/mol. The monoisotopic (exact) mass is 266 g/mol. The molecule has 0 heterocycles. The van der Waals surface area contributed by atoms with Crippen LogP contribution < -0.4 is 0 Å². The van der Waals surface area contributed by atoms with Crippen LogP contribution in [-0.4, -0.2) is 4.86 Å². The molecular weight excluding hydrogens is 248 g/mol. The molecule has 0 saturated carbocycles. The maximum Gasteiger partial charge on any atom is 0.0449 e. The molecule has 0 nitrogen and oxygen atoms in total. The zero-order valence-electron chi connectivity index (χ0n) is 11.2. The molecule has 0 unspecified atom stereocenters. The minimum atomic E-state index is 0.881. The van der Waals surface area contributed by atoms with E-state index in [-0.39, 0.29) is 0 Å². The minimum absolute atomic E-state index is 0.881. The molecule has 0 amide bonds. The smallest absolute Gasteiger partial charge is 0.0449 e. The predicted octanol–water partition coefficient (Wildman–Crippen LogP) is 5.07. The fourth-order valence-electron chi connectivity index (χ4n) is 2.06. The Morgan fingerprint density at radius 1 is 1.00 bits per heavy atom. The Bertz CT molecular complexity index is 567. The summed E-state index contributed by atoms with van der Waals surface area (Å²) in [5, 5.41) is 0. The number of hydrogen-bond acceptors (Lipinski definition) is 1. The van der Waals surface area contributed by atoms with Crippen LogP contribution in [-0.2, 0) is 6.42 Å². The SMILES string of the molecule is CCCc1ccccc1C=CC(=S)c1ccccc1. The van der Waals surface area contributed by atoms with Gasteiger partial charge in [-0.3, -0.25) is 0 Å². The zero-order valence-corrected chi connectivity index (χ0v) is 12.0. The van der Waals surface area contributed by atoms with Gasteiger partial charge in [0.2, 0.25) is 0 Å². The second-order valence-corrected chi connectivity index (χ2v) is 4.95. The van der Waals surface area contributed by atoms with E-state index in [0.29, 0.717) is 0 Å². The van der Waals surface area contributed by atoms with Gasteiger partial charge in [0.05, 0.1) is 0 Å². The summed E-state index contributed by atoms with van der Waals surface area (Å²) in [7, 11) is 0. The van der Waals surface area contributed by atoms with Gasteiger partial charge in [-0.2, -0.15) is 0 Å². The van der Waals surface area contributed by atoms with Crippen molar-refractivity contribution in [2.75, 3.05) is 0 Å². The van der Waals surface area contributed by atoms with Crippen LogP contribution in [0.4, 0.5) is 0 Å². The summed E-state index contributed by atoms with van der Waals surface area (Å²) in [6.07, 6.45) is 6.42. The third-order valence-electron chi connectivity index (χ3n) is 3.05. The fraction of sp³-hybridized carbons (Fsp3) is 0.167. The van der Waals surface area contributed by atoms with Crippen molar-refractivity contribution in [3.63, 3.8) is 0 Å². The van der Waals surface area contributed by atoms with Gasteiger partial charge in [-0.05, 0) is 29.2 Å². The van der Waals surface area contributed by atoms with E-state index in [1.807, 2.05) is 36.4 Å². The van der Waals surface area contributed by atoms with Crippen molar-refractivity contribution in [2.24, 2.45) is 0 Å². The Hall–Kier alpha value is -1.73. The average Bonchev–Trinajstić information content (AvgIpc) is 2.47. The van der Waals surface area contributed by atoms with E-state index in [1.165, 1.54) is 11.1 Å². The molecule has 2 aromatic carbocycles. The Morgan fingerprint density at radius 2 is 1.68 bits per heavy atom. The van der Waals surface area contributed by atoms with Crippen LogP contribution in [0.1, 0.15) is 30.0 Å². The fourth-order valence-corrected chi connectivity index (χ4v) is 2.26. The highest BCUT2D eigenvalue weighted by Gasteiger charge is 1.99. The molecule has 2 rings (SSSR count). The van der Waals surface area contributed by atoms with Crippen molar-refractivity contribution in [3.05, 3.63) is 77.4 Å². The van der Waals surface area contributed by atoms with Crippen molar-refractivity contribution >= 4 is 23.2 Å². The quantitative estimate of drug-likeness (QED) is 0.413. The van der Waals surface area contributed by atoms with Crippen LogP contribution in [0.25, 0.3) is 6.08 Å². The molecule has 0 aliphatic heterocycles. The maximum absolute atomic E-state index is 5.44. The largest absolute Gasteiger partial charge is 0.0795 e. The standard InChI is InChI=1S/C18H18S/c1-2-8-15-9-6-7-10-16(15)13-14-18(19)17-11-4-3-5-12-17/h3-7,9-14H,2,8H2,1H3. The molecule has 0 radical (unpaired) electrons. The Balaban J connectivity index is 2.17. The zero-order chi connectivity index (χ0) is 13.5. The number of aryl methyl sites for hydroxylation is 1. The lowest BCUT2D eigenvalue weighted by Crippen LogP contribution is -1.92. The lowest BCUT2D eigenvalue weighted by atomic mass is 10.0. The summed E-state index contributed by atoms with van der Waals surface area (Å²) < 4.78 is 0. The van der Waals surface area contributed by atoms with E-state index in [2.05, 4.69) is 37.3 Å². The molecule has 2 aromatic rings. The van der Waals surface area contributed by atoms with Gasteiger partial charge in [0.15, 0.2) is 0 Å². The highest BCUT2D eigenvalue weighted by Crippen LogP contribution is 2.14. The number of thiocarbonyl (C=S) groups is 1. The van der Waals surface area contributed by atoms with Gasteiger partial charge in [-0.25, -0.2) is 0 Å². The van der Waals surface area contributed by atoms with E-state index < -0.39 is 0 Å². The molecule has 0 N–H and O–H groups in total. The molecule has 0 bridgehead atoms. The first-order valence-corrected chi connectivity index (χ1v) is 7.07. The topological polar surface area (TPSA) is 0 Å². The third kappa shape index (κ3) is 3.87. The van der Waals surface area contributed by atoms with Gasteiger partial charge >= 0.3 is 0 Å². The van der Waals surface area contributed by atoms with E-state index >= 15 is 0 Å². The lowest BCUT2D eigenvalue weighted by molar-refractivity contribution is 0.919. The van der Waals surface area contributed by atoms with Crippen molar-refractivity contribution in [2.45, 2.75) is 19.8 Å². The van der Waals surface area contributed by atoms with E-state index in [1.54, 1.807) is 0 Å². The average molecular weight is 266 g/mol. The number of rotatable bonds is 5. The Morgan fingerprint density at radius 3 is 2.42 bits per heavy atom. The highest BCUT2D eigenvalue weighted by molar-refractivity contribution is 7.81. The first kappa shape index (κ1) is 13.7. The summed E-state index contributed by atoms with van der Waals surface area (Å²) in [4.78, 5) is 0.881. The summed E-state index contributed by atoms with van der Waals surface area (Å²) in [5.74, 6) is 0. The molecule has 0 aromatic heterocycles. The summed E-state index contributed by atoms with van der Waals surface area (Å²) in [5.41, 5.74) is 3.75. The van der Waals surface area contributed by atoms with Crippen molar-refractivity contribution < 1.29 is 0 Å². The Kier molecular flexibility index (Phi) is 5.05. The molecular formula is C18H18S. The molecule has 1 heteroatoms. The van der Waals surface area contributed by atoms with Gasteiger partial charge in [0.25, 0.3) is 0 Å². The van der Waals surface area contributed by atoms with Gasteiger partial charge in [-0.15, -0.1) is 0 Å². The molecule has 0 atom stereocenters. The lowest BCUT2D eigenvalue weighted by Gasteiger charge is -2.04. The molecule has 96 valence electrons. The van der Waals surface area contributed by atoms with Crippen LogP contribution in [0.15, 0.2) is 60.7 Å². The summed E-state index contributed by atoms with van der Waals surface area (Å²) in [6.45, 7) is 2.20. The molecule has 19 heavy (non-hydrogen) atoms. The minimum Gasteiger partial charge on any atom is -0.0795 e. The Labute approximate surface area is 120 Å². The summed E-state index contributed by atoms with van der Waals surface area (Å²) in [6, 6.07) is 18.6. The molecule has 0 spiro atoms. The first-order valence-electron chi connectivity index (χ1n) is 6.66. The van der Waals surface area contributed by atoms with Crippen molar-refractivity contribution in [3.8, 4) is 0 Å². The van der Waals surface area contributed by atoms with E-state index in [4.69, 9.17) is 12.2 Å². The van der Waals surface area contributed by atoms with Crippen molar-refractivity contribution in [1.29, 1.82) is 0 Å². The van der Waals surface area contributed by atoms with Crippen LogP contribution >= 0.6 is 12.2 Å². The van der Waals surface area contributed by atoms with Crippen LogP contribution in [0.2, 0.25) is 0 Å². The van der Waals surface area contributed by atoms with E-state index in [0.717, 1.165) is 23.3 Å². The normalized spacial score (nSPS) is 10.8. The second kappa shape index (κ2) is 7.01. The number of benzene rings is 2. The summed E-state index contributed by atoms with van der Waals surface area (Å²) >= 11 is 5.44. The number of allylic oxidation sites excluding steroid dienone is 1. The third-order valence-corrected chi connectivity index (χ3v) is 3.42. The van der Waals surface area contributed by atoms with Crippen molar-refractivity contribution in [1.82, 2.24) is 0 Å². The first-order chi connectivity index (χ1) is 9.31. The maximum atomic E-state index is 5.44. The molecule has 0 aliphatic rings. The van der Waals surface area contributed by atoms with Crippen LogP contribution in [0, 0.1) is 0 Å². The van der Waals surface area contributed by atoms with Gasteiger partial charge in [0.1, 0.15) is 0 Å². The molecule has 0 aliphatic carbocycles. The van der Waals surface area contributed by atoms with Gasteiger partial charge < -0.3 is 0 Å². The molecule has 0 saturated heterocycles. The van der Waals surface area contributed by atoms with Crippen LogP contribution in [0.5, 0.6) is 0 Å². The number of hydrogen-bond donors (Lipinski definition) is 0. The molecule has 0 fully saturated rings. The van der Waals surface area contributed by atoms with Crippen LogP contribution in [0.3, 0.4) is 0 Å². The van der Waals surface area contributed by atoms with E-state index in [9.17, 15) is 0 Å². The van der Waals surface area contributed by atoms with Gasteiger partial charge in [0, 0.05) is 4.86 Å².